The number of ether oxygens (including phenoxy) is 1. The highest BCUT2D eigenvalue weighted by atomic mass is 32.2. The maximum atomic E-state index is 13.9. The van der Waals surface area contributed by atoms with Gasteiger partial charge in [0.2, 0.25) is 0 Å². The number of hydrogen-bond donors (Lipinski definition) is 1. The number of rotatable bonds is 19. The van der Waals surface area contributed by atoms with Crippen LogP contribution in [0.15, 0.2) is 76.0 Å². The van der Waals surface area contributed by atoms with Gasteiger partial charge in [-0.1, -0.05) is 58.2 Å². The first-order valence-electron chi connectivity index (χ1n) is 16.4. The number of carbonyl (C=O) groups excluding carboxylic acids is 1. The molecule has 0 bridgehead atoms. The number of furan rings is 1. The number of benzene rings is 3. The highest BCUT2D eigenvalue weighted by Gasteiger charge is 2.23. The number of sulfonamides is 1. The first-order valence-corrected chi connectivity index (χ1v) is 17.9. The summed E-state index contributed by atoms with van der Waals surface area (Å²) in [5, 5.41) is 0.590. The van der Waals surface area contributed by atoms with Crippen molar-refractivity contribution in [3.63, 3.8) is 0 Å². The van der Waals surface area contributed by atoms with E-state index in [-0.39, 0.29) is 10.7 Å². The van der Waals surface area contributed by atoms with E-state index in [4.69, 9.17) is 9.15 Å². The number of aryl methyl sites for hydroxylation is 2. The number of unbranched alkanes of at least 4 members (excludes halogenated alkanes) is 3. The van der Waals surface area contributed by atoms with Gasteiger partial charge in [0.25, 0.3) is 10.0 Å². The zero-order valence-electron chi connectivity index (χ0n) is 27.2. The molecule has 1 N–H and O–H groups in total. The molecule has 1 aromatic heterocycles. The fourth-order valence-corrected chi connectivity index (χ4v) is 6.76. The molecule has 0 aliphatic heterocycles. The van der Waals surface area contributed by atoms with Gasteiger partial charge in [-0.3, -0.25) is 9.52 Å². The summed E-state index contributed by atoms with van der Waals surface area (Å²) >= 11 is 0. The Hall–Kier alpha value is -3.62. The first kappa shape index (κ1) is 34.3. The van der Waals surface area contributed by atoms with Crippen molar-refractivity contribution in [2.75, 3.05) is 31.0 Å². The van der Waals surface area contributed by atoms with Crippen LogP contribution in [0.1, 0.15) is 93.0 Å². The molecule has 0 atom stereocenters. The van der Waals surface area contributed by atoms with Gasteiger partial charge < -0.3 is 14.1 Å². The summed E-state index contributed by atoms with van der Waals surface area (Å²) in [6.45, 7) is 12.2. The van der Waals surface area contributed by atoms with Gasteiger partial charge >= 0.3 is 0 Å². The SMILES string of the molecule is CCCCc1oc2ccc(NS(=O)(=O)c3ccccc3C)cc2c1C(=O)c1ccc(OCCCN(CCCC)CCCC)cc1. The molecule has 4 rings (SSSR count). The third-order valence-corrected chi connectivity index (χ3v) is 9.58. The minimum atomic E-state index is -3.82. The highest BCUT2D eigenvalue weighted by molar-refractivity contribution is 7.92. The Morgan fingerprint density at radius 2 is 1.51 bits per heavy atom. The van der Waals surface area contributed by atoms with Crippen LogP contribution in [0.25, 0.3) is 11.0 Å². The van der Waals surface area contributed by atoms with Gasteiger partial charge in [-0.05, 0) is 99.8 Å². The minimum Gasteiger partial charge on any atom is -0.494 e. The Morgan fingerprint density at radius 1 is 0.844 bits per heavy atom. The molecule has 242 valence electrons. The lowest BCUT2D eigenvalue weighted by Gasteiger charge is -2.21. The van der Waals surface area contributed by atoms with Gasteiger partial charge in [0.1, 0.15) is 17.1 Å². The Balaban J connectivity index is 1.50. The molecule has 4 aromatic rings. The van der Waals surface area contributed by atoms with E-state index in [9.17, 15) is 13.2 Å². The second-order valence-corrected chi connectivity index (χ2v) is 13.3. The number of nitrogens with one attached hydrogen (secondary N) is 1. The van der Waals surface area contributed by atoms with E-state index in [1.54, 1.807) is 61.5 Å². The summed E-state index contributed by atoms with van der Waals surface area (Å²) in [5.74, 6) is 1.19. The van der Waals surface area contributed by atoms with Gasteiger partial charge in [0.15, 0.2) is 5.78 Å². The van der Waals surface area contributed by atoms with E-state index >= 15 is 0 Å². The van der Waals surface area contributed by atoms with E-state index in [2.05, 4.69) is 30.4 Å². The summed E-state index contributed by atoms with van der Waals surface area (Å²) in [6, 6.07) is 19.2. The van der Waals surface area contributed by atoms with Crippen LogP contribution in [0.3, 0.4) is 0 Å². The number of nitrogens with zero attached hydrogens (tertiary/aromatic N) is 1. The van der Waals surface area contributed by atoms with Crippen molar-refractivity contribution in [3.8, 4) is 5.75 Å². The van der Waals surface area contributed by atoms with Crippen molar-refractivity contribution in [1.29, 1.82) is 0 Å². The van der Waals surface area contributed by atoms with Crippen molar-refractivity contribution in [1.82, 2.24) is 4.90 Å². The van der Waals surface area contributed by atoms with Gasteiger partial charge in [0, 0.05) is 29.6 Å². The quantitative estimate of drug-likeness (QED) is 0.0821. The number of ketones is 1. The summed E-state index contributed by atoms with van der Waals surface area (Å²) in [7, 11) is -3.82. The molecule has 0 fully saturated rings. The van der Waals surface area contributed by atoms with Gasteiger partial charge in [-0.15, -0.1) is 0 Å². The lowest BCUT2D eigenvalue weighted by molar-refractivity contribution is 0.103. The van der Waals surface area contributed by atoms with Crippen LogP contribution in [0.4, 0.5) is 5.69 Å². The molecule has 0 spiro atoms. The zero-order valence-corrected chi connectivity index (χ0v) is 28.0. The number of anilines is 1. The molecule has 0 aliphatic carbocycles. The summed E-state index contributed by atoms with van der Waals surface area (Å²) < 4.78 is 41.2. The van der Waals surface area contributed by atoms with E-state index in [1.807, 2.05) is 12.1 Å². The molecule has 0 aliphatic rings. The van der Waals surface area contributed by atoms with Crippen LogP contribution in [0.5, 0.6) is 5.75 Å². The number of carbonyl (C=O) groups is 1. The molecule has 3 aromatic carbocycles. The minimum absolute atomic E-state index is 0.159. The fourth-order valence-electron chi connectivity index (χ4n) is 5.47. The first-order chi connectivity index (χ1) is 21.8. The average Bonchev–Trinajstić information content (AvgIpc) is 3.40. The van der Waals surface area contributed by atoms with Crippen LogP contribution in [-0.2, 0) is 16.4 Å². The van der Waals surface area contributed by atoms with Crippen LogP contribution in [0.2, 0.25) is 0 Å². The second kappa shape index (κ2) is 16.6. The van der Waals surface area contributed by atoms with Crippen molar-refractivity contribution < 1.29 is 22.4 Å². The van der Waals surface area contributed by atoms with Crippen LogP contribution in [0, 0.1) is 6.92 Å². The Labute approximate surface area is 269 Å². The van der Waals surface area contributed by atoms with Gasteiger partial charge in [-0.2, -0.15) is 0 Å². The number of fused-ring (bicyclic) bond motifs is 1. The predicted molar refractivity (Wildman–Crippen MR) is 183 cm³/mol. The molecule has 0 saturated heterocycles. The standard InChI is InChI=1S/C37H48N2O5S/c1-5-8-15-34-36(32-27-30(19-22-33(32)44-34)38-45(41,42)35-16-12-11-14-28(35)4)37(40)29-17-20-31(21-18-29)43-26-13-25-39(23-9-6-2)24-10-7-3/h11-12,14,16-22,27,38H,5-10,13,15,23-26H2,1-4H3. The second-order valence-electron chi connectivity index (χ2n) is 11.7. The van der Waals surface area contributed by atoms with E-state index < -0.39 is 10.0 Å². The van der Waals surface area contributed by atoms with E-state index in [0.29, 0.717) is 52.1 Å². The predicted octanol–water partition coefficient (Wildman–Crippen LogP) is 8.79. The molecule has 1 heterocycles. The maximum Gasteiger partial charge on any atom is 0.262 e. The molecule has 45 heavy (non-hydrogen) atoms. The molecular weight excluding hydrogens is 584 g/mol. The maximum absolute atomic E-state index is 13.9. The zero-order chi connectivity index (χ0) is 32.2. The monoisotopic (exact) mass is 632 g/mol. The molecule has 7 nitrogen and oxygen atoms in total. The lowest BCUT2D eigenvalue weighted by Crippen LogP contribution is -2.28. The third-order valence-electron chi connectivity index (χ3n) is 8.04. The molecule has 8 heteroatoms. The Bertz CT molecular complexity index is 1640. The summed E-state index contributed by atoms with van der Waals surface area (Å²) in [4.78, 5) is 16.7. The lowest BCUT2D eigenvalue weighted by atomic mass is 9.98. The third kappa shape index (κ3) is 9.21. The van der Waals surface area contributed by atoms with Crippen molar-refractivity contribution in [2.45, 2.75) is 84.0 Å². The topological polar surface area (TPSA) is 88.8 Å². The summed E-state index contributed by atoms with van der Waals surface area (Å²) in [6.07, 6.45) is 8.23. The normalized spacial score (nSPS) is 11.8. The molecule has 0 radical (unpaired) electrons. The Morgan fingerprint density at radius 3 is 2.18 bits per heavy atom. The van der Waals surface area contributed by atoms with Gasteiger partial charge in [-0.25, -0.2) is 8.42 Å². The van der Waals surface area contributed by atoms with Crippen molar-refractivity contribution in [2.24, 2.45) is 0 Å². The fraction of sp³-hybridized carbons (Fsp3) is 0.432. The van der Waals surface area contributed by atoms with Crippen molar-refractivity contribution in [3.05, 3.63) is 89.2 Å². The summed E-state index contributed by atoms with van der Waals surface area (Å²) in [5.41, 5.74) is 2.58. The van der Waals surface area contributed by atoms with E-state index in [1.165, 1.54) is 25.7 Å². The molecule has 0 saturated carbocycles. The largest absolute Gasteiger partial charge is 0.494 e. The van der Waals surface area contributed by atoms with E-state index in [0.717, 1.165) is 44.6 Å². The van der Waals surface area contributed by atoms with Crippen molar-refractivity contribution >= 4 is 32.5 Å². The highest BCUT2D eigenvalue weighted by Crippen LogP contribution is 2.33. The molecule has 0 unspecified atom stereocenters. The van der Waals surface area contributed by atoms with Crippen LogP contribution >= 0.6 is 0 Å². The Kier molecular flexibility index (Phi) is 12.7. The van der Waals surface area contributed by atoms with Crippen LogP contribution in [-0.4, -0.2) is 45.3 Å². The van der Waals surface area contributed by atoms with Gasteiger partial charge in [0.05, 0.1) is 17.1 Å². The molecular formula is C37H48N2O5S. The smallest absolute Gasteiger partial charge is 0.262 e. The number of hydrogen-bond acceptors (Lipinski definition) is 6. The molecule has 0 amide bonds. The average molecular weight is 633 g/mol. The van der Waals surface area contributed by atoms with Crippen LogP contribution < -0.4 is 9.46 Å².